The van der Waals surface area contributed by atoms with E-state index in [-0.39, 0.29) is 5.25 Å². The molecular formula is C16H23NO2S. The molecule has 4 heteroatoms. The van der Waals surface area contributed by atoms with Crippen LogP contribution in [0.4, 0.5) is 0 Å². The molecule has 0 radical (unpaired) electrons. The molecule has 3 rings (SSSR count). The largest absolute Gasteiger partial charge is 0.313 e. The van der Waals surface area contributed by atoms with Crippen LogP contribution in [0, 0.1) is 6.92 Å². The third kappa shape index (κ3) is 2.77. The van der Waals surface area contributed by atoms with E-state index in [9.17, 15) is 8.42 Å². The molecule has 1 aromatic carbocycles. The second-order valence-electron chi connectivity index (χ2n) is 6.26. The number of rotatable bonds is 4. The summed E-state index contributed by atoms with van der Waals surface area (Å²) in [5.41, 5.74) is 2.83. The van der Waals surface area contributed by atoms with Crippen LogP contribution in [-0.4, -0.2) is 32.0 Å². The Labute approximate surface area is 121 Å². The van der Waals surface area contributed by atoms with Gasteiger partial charge in [0.05, 0.1) is 11.0 Å². The summed E-state index contributed by atoms with van der Waals surface area (Å²) in [6, 6.07) is 9.07. The van der Waals surface area contributed by atoms with Crippen LogP contribution in [0.3, 0.4) is 0 Å². The van der Waals surface area contributed by atoms with E-state index in [0.717, 1.165) is 25.7 Å². The highest BCUT2D eigenvalue weighted by Crippen LogP contribution is 2.38. The zero-order valence-corrected chi connectivity index (χ0v) is 12.8. The maximum absolute atomic E-state index is 11.8. The SMILES string of the molecule is Cc1ccccc1C1CC(NCC2CCCS2(=O)=O)C1. The maximum Gasteiger partial charge on any atom is 0.154 e. The highest BCUT2D eigenvalue weighted by molar-refractivity contribution is 7.92. The molecule has 1 saturated carbocycles. The van der Waals surface area contributed by atoms with Gasteiger partial charge in [0, 0.05) is 12.6 Å². The van der Waals surface area contributed by atoms with Crippen molar-refractivity contribution in [1.82, 2.24) is 5.32 Å². The highest BCUT2D eigenvalue weighted by atomic mass is 32.2. The average molecular weight is 293 g/mol. The average Bonchev–Trinajstić information content (AvgIpc) is 2.69. The van der Waals surface area contributed by atoms with E-state index in [1.807, 2.05) is 0 Å². The Balaban J connectivity index is 1.48. The number of nitrogens with one attached hydrogen (secondary N) is 1. The van der Waals surface area contributed by atoms with Gasteiger partial charge in [0.1, 0.15) is 0 Å². The topological polar surface area (TPSA) is 46.2 Å². The van der Waals surface area contributed by atoms with Gasteiger partial charge in [-0.3, -0.25) is 0 Å². The summed E-state index contributed by atoms with van der Waals surface area (Å²) in [4.78, 5) is 0. The summed E-state index contributed by atoms with van der Waals surface area (Å²) in [6.07, 6.45) is 3.95. The molecule has 3 nitrogen and oxygen atoms in total. The van der Waals surface area contributed by atoms with Crippen molar-refractivity contribution in [3.05, 3.63) is 35.4 Å². The number of hydrogen-bond acceptors (Lipinski definition) is 3. The molecule has 20 heavy (non-hydrogen) atoms. The van der Waals surface area contributed by atoms with Crippen LogP contribution in [0.2, 0.25) is 0 Å². The molecule has 1 atom stereocenters. The Bertz CT molecular complexity index is 576. The maximum atomic E-state index is 11.8. The van der Waals surface area contributed by atoms with Crippen molar-refractivity contribution in [2.45, 2.75) is 49.8 Å². The summed E-state index contributed by atoms with van der Waals surface area (Å²) in [6.45, 7) is 2.81. The molecule has 1 aromatic rings. The normalized spacial score (nSPS) is 31.9. The minimum absolute atomic E-state index is 0.139. The van der Waals surface area contributed by atoms with E-state index in [4.69, 9.17) is 0 Å². The van der Waals surface area contributed by atoms with Gasteiger partial charge in [-0.25, -0.2) is 8.42 Å². The fraction of sp³-hybridized carbons (Fsp3) is 0.625. The molecule has 1 saturated heterocycles. The van der Waals surface area contributed by atoms with Crippen LogP contribution >= 0.6 is 0 Å². The predicted octanol–water partition coefficient (Wildman–Crippen LogP) is 2.41. The number of benzene rings is 1. The monoisotopic (exact) mass is 293 g/mol. The Morgan fingerprint density at radius 1 is 1.25 bits per heavy atom. The molecule has 0 amide bonds. The molecule has 1 heterocycles. The van der Waals surface area contributed by atoms with Gasteiger partial charge in [-0.15, -0.1) is 0 Å². The van der Waals surface area contributed by atoms with Crippen molar-refractivity contribution in [2.24, 2.45) is 0 Å². The molecule has 1 unspecified atom stereocenters. The van der Waals surface area contributed by atoms with Crippen LogP contribution in [0.1, 0.15) is 42.7 Å². The highest BCUT2D eigenvalue weighted by Gasteiger charge is 2.34. The van der Waals surface area contributed by atoms with Crippen molar-refractivity contribution in [1.29, 1.82) is 0 Å². The number of hydrogen-bond donors (Lipinski definition) is 1. The zero-order chi connectivity index (χ0) is 14.2. The Morgan fingerprint density at radius 2 is 2.00 bits per heavy atom. The van der Waals surface area contributed by atoms with Crippen LogP contribution in [0.5, 0.6) is 0 Å². The molecule has 110 valence electrons. The predicted molar refractivity (Wildman–Crippen MR) is 81.8 cm³/mol. The first-order chi connectivity index (χ1) is 9.56. The van der Waals surface area contributed by atoms with Gasteiger partial charge in [-0.05, 0) is 49.7 Å². The number of aryl methyl sites for hydroxylation is 1. The lowest BCUT2D eigenvalue weighted by Crippen LogP contribution is -2.44. The number of sulfone groups is 1. The third-order valence-corrected chi connectivity index (χ3v) is 7.14. The molecular weight excluding hydrogens is 270 g/mol. The van der Waals surface area contributed by atoms with Gasteiger partial charge in [-0.1, -0.05) is 24.3 Å². The van der Waals surface area contributed by atoms with Crippen molar-refractivity contribution in [2.75, 3.05) is 12.3 Å². The first kappa shape index (κ1) is 14.1. The summed E-state index contributed by atoms with van der Waals surface area (Å²) in [5, 5.41) is 3.32. The summed E-state index contributed by atoms with van der Waals surface area (Å²) in [7, 11) is -2.80. The Kier molecular flexibility index (Phi) is 3.87. The van der Waals surface area contributed by atoms with E-state index in [1.54, 1.807) is 0 Å². The molecule has 0 spiro atoms. The fourth-order valence-electron chi connectivity index (χ4n) is 3.47. The Morgan fingerprint density at radius 3 is 2.65 bits per heavy atom. The molecule has 0 bridgehead atoms. The minimum Gasteiger partial charge on any atom is -0.313 e. The molecule has 2 fully saturated rings. The summed E-state index contributed by atoms with van der Waals surface area (Å²) >= 11 is 0. The quantitative estimate of drug-likeness (QED) is 0.927. The lowest BCUT2D eigenvalue weighted by molar-refractivity contribution is 0.290. The van der Waals surface area contributed by atoms with Gasteiger partial charge >= 0.3 is 0 Å². The zero-order valence-electron chi connectivity index (χ0n) is 12.0. The second-order valence-corrected chi connectivity index (χ2v) is 8.66. The van der Waals surface area contributed by atoms with Crippen molar-refractivity contribution < 1.29 is 8.42 Å². The summed E-state index contributed by atoms with van der Waals surface area (Å²) in [5.74, 6) is 1.03. The van der Waals surface area contributed by atoms with Gasteiger partial charge in [0.2, 0.25) is 0 Å². The van der Waals surface area contributed by atoms with Crippen molar-refractivity contribution >= 4 is 9.84 Å². The lowest BCUT2D eigenvalue weighted by Gasteiger charge is -2.37. The smallest absolute Gasteiger partial charge is 0.154 e. The first-order valence-electron chi connectivity index (χ1n) is 7.57. The summed E-state index contributed by atoms with van der Waals surface area (Å²) < 4.78 is 23.5. The lowest BCUT2D eigenvalue weighted by atomic mass is 9.74. The molecule has 1 N–H and O–H groups in total. The Hall–Kier alpha value is -0.870. The van der Waals surface area contributed by atoms with Gasteiger partial charge in [0.25, 0.3) is 0 Å². The van der Waals surface area contributed by atoms with Crippen molar-refractivity contribution in [3.8, 4) is 0 Å². The van der Waals surface area contributed by atoms with E-state index < -0.39 is 9.84 Å². The van der Waals surface area contributed by atoms with Crippen LogP contribution in [-0.2, 0) is 9.84 Å². The third-order valence-electron chi connectivity index (χ3n) is 4.86. The van der Waals surface area contributed by atoms with E-state index in [1.165, 1.54) is 11.1 Å². The van der Waals surface area contributed by atoms with Crippen LogP contribution in [0.15, 0.2) is 24.3 Å². The molecule has 2 aliphatic rings. The van der Waals surface area contributed by atoms with Crippen LogP contribution in [0.25, 0.3) is 0 Å². The second kappa shape index (κ2) is 5.49. The molecule has 1 aliphatic heterocycles. The molecule has 1 aliphatic carbocycles. The van der Waals surface area contributed by atoms with E-state index in [2.05, 4.69) is 36.5 Å². The van der Waals surface area contributed by atoms with Gasteiger partial charge < -0.3 is 5.32 Å². The van der Waals surface area contributed by atoms with Crippen LogP contribution < -0.4 is 5.32 Å². The van der Waals surface area contributed by atoms with Gasteiger partial charge in [-0.2, -0.15) is 0 Å². The van der Waals surface area contributed by atoms with E-state index in [0.29, 0.717) is 24.3 Å². The van der Waals surface area contributed by atoms with Crippen molar-refractivity contribution in [3.63, 3.8) is 0 Å². The fourth-order valence-corrected chi connectivity index (χ4v) is 5.25. The standard InChI is InChI=1S/C16H23NO2S/c1-12-5-2-3-7-16(12)13-9-14(10-13)17-11-15-6-4-8-20(15,18)19/h2-3,5,7,13-15,17H,4,6,8-11H2,1H3. The first-order valence-corrected chi connectivity index (χ1v) is 9.28. The minimum atomic E-state index is -2.80. The molecule has 0 aromatic heterocycles. The van der Waals surface area contributed by atoms with Gasteiger partial charge in [0.15, 0.2) is 9.84 Å². The van der Waals surface area contributed by atoms with E-state index >= 15 is 0 Å².